The summed E-state index contributed by atoms with van der Waals surface area (Å²) in [5, 5.41) is 6.12. The molecule has 19 heavy (non-hydrogen) atoms. The number of halogens is 1. The highest BCUT2D eigenvalue weighted by molar-refractivity contribution is 5.85. The van der Waals surface area contributed by atoms with Crippen LogP contribution in [0.5, 0.6) is 0 Å². The Bertz CT molecular complexity index is 358. The third-order valence-corrected chi connectivity index (χ3v) is 3.43. The Morgan fingerprint density at radius 2 is 2.21 bits per heavy atom. The van der Waals surface area contributed by atoms with Crippen LogP contribution in [0.1, 0.15) is 25.7 Å². The van der Waals surface area contributed by atoms with Gasteiger partial charge in [0.1, 0.15) is 0 Å². The Kier molecular flexibility index (Phi) is 6.87. The lowest BCUT2D eigenvalue weighted by Crippen LogP contribution is -2.43. The molecule has 108 valence electrons. The highest BCUT2D eigenvalue weighted by atomic mass is 35.5. The van der Waals surface area contributed by atoms with Crippen LogP contribution < -0.4 is 10.6 Å². The summed E-state index contributed by atoms with van der Waals surface area (Å²) in [7, 11) is 0. The number of nitrogens with zero attached hydrogens (tertiary/aromatic N) is 1. The molecule has 2 rings (SSSR count). The predicted octanol–water partition coefficient (Wildman–Crippen LogP) is 0.457. The molecule has 2 N–H and O–H groups in total. The molecule has 0 aromatic heterocycles. The largest absolute Gasteiger partial charge is 0.351 e. The maximum atomic E-state index is 11.8. The van der Waals surface area contributed by atoms with Crippen LogP contribution >= 0.6 is 12.4 Å². The first kappa shape index (κ1) is 16.0. The molecule has 1 saturated heterocycles. The van der Waals surface area contributed by atoms with Gasteiger partial charge in [-0.1, -0.05) is 11.6 Å². The molecular formula is C13H22ClN3O2. The molecule has 2 heterocycles. The fraction of sp³-hybridized carbons (Fsp3) is 0.692. The second kappa shape index (κ2) is 8.17. The van der Waals surface area contributed by atoms with Crippen LogP contribution in [0.15, 0.2) is 11.6 Å². The first-order valence-corrected chi connectivity index (χ1v) is 6.69. The summed E-state index contributed by atoms with van der Waals surface area (Å²) < 4.78 is 0. The van der Waals surface area contributed by atoms with Gasteiger partial charge in [-0.15, -0.1) is 12.4 Å². The molecule has 0 bridgehead atoms. The van der Waals surface area contributed by atoms with Crippen LogP contribution in [-0.4, -0.2) is 49.4 Å². The minimum Gasteiger partial charge on any atom is -0.351 e. The van der Waals surface area contributed by atoms with Crippen molar-refractivity contribution in [1.82, 2.24) is 15.5 Å². The molecule has 0 unspecified atom stereocenters. The highest BCUT2D eigenvalue weighted by Gasteiger charge is 2.20. The summed E-state index contributed by atoms with van der Waals surface area (Å²) in [5.41, 5.74) is 1.27. The van der Waals surface area contributed by atoms with E-state index in [9.17, 15) is 9.59 Å². The lowest BCUT2D eigenvalue weighted by Gasteiger charge is -2.26. The Morgan fingerprint density at radius 3 is 2.89 bits per heavy atom. The summed E-state index contributed by atoms with van der Waals surface area (Å²) in [6, 6.07) is 0. The minimum atomic E-state index is -0.0512. The molecule has 0 radical (unpaired) electrons. The van der Waals surface area contributed by atoms with Crippen LogP contribution in [0.3, 0.4) is 0 Å². The van der Waals surface area contributed by atoms with Gasteiger partial charge in [-0.25, -0.2) is 0 Å². The van der Waals surface area contributed by atoms with Crippen molar-refractivity contribution >= 4 is 24.2 Å². The quantitative estimate of drug-likeness (QED) is 0.739. The average Bonchev–Trinajstić information content (AvgIpc) is 2.40. The number of amides is 2. The average molecular weight is 288 g/mol. The van der Waals surface area contributed by atoms with E-state index >= 15 is 0 Å². The molecule has 0 aromatic carbocycles. The predicted molar refractivity (Wildman–Crippen MR) is 76.3 cm³/mol. The Hall–Kier alpha value is -1.07. The van der Waals surface area contributed by atoms with Crippen LogP contribution in [0.25, 0.3) is 0 Å². The number of likely N-dealkylation sites (tertiary alicyclic amines) is 1. The van der Waals surface area contributed by atoms with Gasteiger partial charge in [-0.3, -0.25) is 9.59 Å². The zero-order chi connectivity index (χ0) is 12.8. The Morgan fingerprint density at radius 1 is 1.37 bits per heavy atom. The van der Waals surface area contributed by atoms with E-state index in [1.165, 1.54) is 5.57 Å². The van der Waals surface area contributed by atoms with Crippen molar-refractivity contribution < 1.29 is 9.59 Å². The van der Waals surface area contributed by atoms with Gasteiger partial charge in [0.2, 0.25) is 11.8 Å². The second-order valence-corrected chi connectivity index (χ2v) is 4.87. The van der Waals surface area contributed by atoms with E-state index in [1.807, 2.05) is 0 Å². The first-order chi connectivity index (χ1) is 8.75. The second-order valence-electron chi connectivity index (χ2n) is 4.87. The minimum absolute atomic E-state index is 0. The molecule has 5 nitrogen and oxygen atoms in total. The zero-order valence-corrected chi connectivity index (χ0v) is 11.9. The van der Waals surface area contributed by atoms with Crippen molar-refractivity contribution in [3.8, 4) is 0 Å². The third kappa shape index (κ3) is 5.20. The number of piperidine rings is 1. The van der Waals surface area contributed by atoms with Crippen molar-refractivity contribution in [3.63, 3.8) is 0 Å². The number of nitrogens with one attached hydrogen (secondary N) is 2. The lowest BCUT2D eigenvalue weighted by molar-refractivity contribution is -0.137. The number of hydrogen-bond donors (Lipinski definition) is 2. The van der Waals surface area contributed by atoms with Gasteiger partial charge in [0.25, 0.3) is 0 Å². The van der Waals surface area contributed by atoms with Crippen LogP contribution in [-0.2, 0) is 9.59 Å². The van der Waals surface area contributed by atoms with Gasteiger partial charge < -0.3 is 15.5 Å². The van der Waals surface area contributed by atoms with Gasteiger partial charge in [-0.2, -0.15) is 0 Å². The van der Waals surface area contributed by atoms with Crippen molar-refractivity contribution in [2.24, 2.45) is 0 Å². The van der Waals surface area contributed by atoms with Gasteiger partial charge in [0.15, 0.2) is 0 Å². The maximum Gasteiger partial charge on any atom is 0.239 e. The fourth-order valence-corrected chi connectivity index (χ4v) is 2.30. The topological polar surface area (TPSA) is 61.4 Å². The molecule has 2 aliphatic rings. The molecular weight excluding hydrogens is 266 g/mol. The molecule has 1 fully saturated rings. The van der Waals surface area contributed by atoms with E-state index in [-0.39, 0.29) is 30.8 Å². The molecule has 6 heteroatoms. The molecule has 0 atom stereocenters. The highest BCUT2D eigenvalue weighted by Crippen LogP contribution is 2.09. The lowest BCUT2D eigenvalue weighted by atomic mass is 10.1. The fourth-order valence-electron chi connectivity index (χ4n) is 2.30. The monoisotopic (exact) mass is 287 g/mol. The Balaban J connectivity index is 0.00000180. The maximum absolute atomic E-state index is 11.8. The van der Waals surface area contributed by atoms with Crippen molar-refractivity contribution in [1.29, 1.82) is 0 Å². The normalized spacial score (nSPS) is 19.5. The number of rotatable bonds is 4. The number of carbonyl (C=O) groups is 2. The number of hydrogen-bond acceptors (Lipinski definition) is 3. The summed E-state index contributed by atoms with van der Waals surface area (Å²) >= 11 is 0. The van der Waals surface area contributed by atoms with Crippen molar-refractivity contribution in [2.45, 2.75) is 25.7 Å². The van der Waals surface area contributed by atoms with Gasteiger partial charge >= 0.3 is 0 Å². The van der Waals surface area contributed by atoms with Gasteiger partial charge in [0.05, 0.1) is 6.54 Å². The van der Waals surface area contributed by atoms with Crippen molar-refractivity contribution in [2.75, 3.05) is 32.7 Å². The van der Waals surface area contributed by atoms with Gasteiger partial charge in [0, 0.05) is 26.1 Å². The zero-order valence-electron chi connectivity index (χ0n) is 11.1. The van der Waals surface area contributed by atoms with E-state index < -0.39 is 0 Å². The standard InChI is InChI=1S/C13H21N3O2.ClH/c17-12(10-16-8-2-1-3-13(16)18)15-9-11-4-6-14-7-5-11;/h4,14H,1-3,5-10H2,(H,15,17);1H. The number of carbonyl (C=O) groups excluding carboxylic acids is 2. The summed E-state index contributed by atoms with van der Waals surface area (Å²) in [6.07, 6.45) is 5.66. The van der Waals surface area contributed by atoms with Crippen LogP contribution in [0.2, 0.25) is 0 Å². The molecule has 2 aliphatic heterocycles. The van der Waals surface area contributed by atoms with E-state index in [2.05, 4.69) is 16.7 Å². The SMILES string of the molecule is Cl.O=C(CN1CCCCC1=O)NCC1=CCNCC1. The van der Waals surface area contributed by atoms with Crippen LogP contribution in [0, 0.1) is 0 Å². The van der Waals surface area contributed by atoms with E-state index in [1.54, 1.807) is 4.90 Å². The van der Waals surface area contributed by atoms with Crippen molar-refractivity contribution in [3.05, 3.63) is 11.6 Å². The molecule has 0 aliphatic carbocycles. The summed E-state index contributed by atoms with van der Waals surface area (Å²) in [4.78, 5) is 25.0. The van der Waals surface area contributed by atoms with E-state index in [4.69, 9.17) is 0 Å². The molecule has 0 aromatic rings. The molecule has 0 saturated carbocycles. The summed E-state index contributed by atoms with van der Waals surface area (Å²) in [6.45, 7) is 3.41. The third-order valence-electron chi connectivity index (χ3n) is 3.43. The molecule has 2 amide bonds. The smallest absolute Gasteiger partial charge is 0.239 e. The van der Waals surface area contributed by atoms with Crippen LogP contribution in [0.4, 0.5) is 0 Å². The molecule has 0 spiro atoms. The van der Waals surface area contributed by atoms with Gasteiger partial charge in [-0.05, 0) is 25.8 Å². The Labute approximate surface area is 120 Å². The summed E-state index contributed by atoms with van der Waals surface area (Å²) in [5.74, 6) is 0.0576. The first-order valence-electron chi connectivity index (χ1n) is 6.69. The van der Waals surface area contributed by atoms with E-state index in [0.717, 1.165) is 38.9 Å². The van der Waals surface area contributed by atoms with E-state index in [0.29, 0.717) is 13.0 Å².